The predicted octanol–water partition coefficient (Wildman–Crippen LogP) is 5.96. The third-order valence-corrected chi connectivity index (χ3v) is 4.37. The number of benzene rings is 2. The van der Waals surface area contributed by atoms with E-state index in [9.17, 15) is 0 Å². The number of hydrogen-bond donors (Lipinski definition) is 0. The smallest absolute Gasteiger partial charge is 0.177 e. The van der Waals surface area contributed by atoms with Gasteiger partial charge in [-0.2, -0.15) is 0 Å². The van der Waals surface area contributed by atoms with E-state index in [1.165, 1.54) is 0 Å². The fraction of sp³-hybridized carbons (Fsp3) is 0.105. The monoisotopic (exact) mass is 356 g/mol. The van der Waals surface area contributed by atoms with Crippen molar-refractivity contribution in [2.45, 2.75) is 13.5 Å². The fourth-order valence-electron chi connectivity index (χ4n) is 2.82. The van der Waals surface area contributed by atoms with Crippen molar-refractivity contribution in [2.75, 3.05) is 0 Å². The Morgan fingerprint density at radius 1 is 1.00 bits per heavy atom. The Bertz CT molecular complexity index is 1030. The minimum absolute atomic E-state index is 0.631. The summed E-state index contributed by atoms with van der Waals surface area (Å²) in [7, 11) is 0. The largest absolute Gasteiger partial charge is 0.458 e. The van der Waals surface area contributed by atoms with E-state index in [-0.39, 0.29) is 0 Å². The Morgan fingerprint density at radius 2 is 1.83 bits per heavy atom. The molecule has 2 aromatic carbocycles. The van der Waals surface area contributed by atoms with Crippen LogP contribution in [0.5, 0.6) is 0 Å². The quantitative estimate of drug-likeness (QED) is 0.453. The van der Waals surface area contributed by atoms with Crippen molar-refractivity contribution >= 4 is 34.2 Å². The first kappa shape index (κ1) is 15.3. The molecular weight excluding hydrogens is 343 g/mol. The second kappa shape index (κ2) is 6.00. The topological polar surface area (TPSA) is 31.0 Å². The molecule has 0 bridgehead atoms. The van der Waals surface area contributed by atoms with Gasteiger partial charge in [-0.3, -0.25) is 0 Å². The summed E-state index contributed by atoms with van der Waals surface area (Å²) in [5.74, 6) is 2.37. The van der Waals surface area contributed by atoms with Gasteiger partial charge in [-0.05, 0) is 55.0 Å². The second-order valence-corrected chi connectivity index (χ2v) is 6.57. The zero-order valence-electron chi connectivity index (χ0n) is 13.0. The summed E-state index contributed by atoms with van der Waals surface area (Å²) >= 11 is 12.3. The molecule has 2 aromatic heterocycles. The first-order chi connectivity index (χ1) is 11.6. The summed E-state index contributed by atoms with van der Waals surface area (Å²) in [5.41, 5.74) is 2.93. The van der Waals surface area contributed by atoms with Gasteiger partial charge in [-0.1, -0.05) is 35.3 Å². The predicted molar refractivity (Wildman–Crippen MR) is 97.7 cm³/mol. The summed E-state index contributed by atoms with van der Waals surface area (Å²) in [4.78, 5) is 4.73. The molecule has 0 aliphatic rings. The molecule has 0 fully saturated rings. The Kier molecular flexibility index (Phi) is 3.83. The van der Waals surface area contributed by atoms with Gasteiger partial charge in [0.15, 0.2) is 11.6 Å². The Labute approximate surface area is 149 Å². The maximum atomic E-state index is 6.19. The van der Waals surface area contributed by atoms with Crippen LogP contribution in [0.1, 0.15) is 11.3 Å². The molecule has 4 rings (SSSR count). The number of rotatable bonds is 3. The summed E-state index contributed by atoms with van der Waals surface area (Å²) in [6.07, 6.45) is 0. The van der Waals surface area contributed by atoms with Gasteiger partial charge in [-0.15, -0.1) is 0 Å². The van der Waals surface area contributed by atoms with E-state index in [4.69, 9.17) is 32.6 Å². The van der Waals surface area contributed by atoms with E-state index < -0.39 is 0 Å². The molecule has 0 aliphatic carbocycles. The van der Waals surface area contributed by atoms with Crippen LogP contribution in [0.25, 0.3) is 22.6 Å². The number of fused-ring (bicyclic) bond motifs is 1. The van der Waals surface area contributed by atoms with Crippen LogP contribution in [0.15, 0.2) is 59.0 Å². The molecule has 0 spiro atoms. The number of hydrogen-bond acceptors (Lipinski definition) is 2. The van der Waals surface area contributed by atoms with Crippen molar-refractivity contribution in [3.05, 3.63) is 76.0 Å². The van der Waals surface area contributed by atoms with E-state index in [2.05, 4.69) is 4.57 Å². The van der Waals surface area contributed by atoms with E-state index in [0.29, 0.717) is 16.6 Å². The molecule has 5 heteroatoms. The van der Waals surface area contributed by atoms with Crippen LogP contribution < -0.4 is 0 Å². The lowest BCUT2D eigenvalue weighted by molar-refractivity contribution is 0.540. The molecule has 2 heterocycles. The van der Waals surface area contributed by atoms with Gasteiger partial charge in [-0.25, -0.2) is 4.98 Å². The summed E-state index contributed by atoms with van der Waals surface area (Å²) in [5, 5.41) is 1.39. The first-order valence-corrected chi connectivity index (χ1v) is 8.33. The van der Waals surface area contributed by atoms with Gasteiger partial charge >= 0.3 is 0 Å². The molecule has 0 N–H and O–H groups in total. The summed E-state index contributed by atoms with van der Waals surface area (Å²) in [6.45, 7) is 2.55. The molecule has 3 nitrogen and oxygen atoms in total. The average molecular weight is 357 g/mol. The van der Waals surface area contributed by atoms with Crippen LogP contribution in [-0.4, -0.2) is 9.55 Å². The third-order valence-electron chi connectivity index (χ3n) is 3.90. The maximum absolute atomic E-state index is 6.19. The number of aryl methyl sites for hydroxylation is 1. The minimum atomic E-state index is 0.631. The van der Waals surface area contributed by atoms with Gasteiger partial charge in [0.1, 0.15) is 5.76 Å². The van der Waals surface area contributed by atoms with E-state index in [1.807, 2.05) is 61.5 Å². The highest BCUT2D eigenvalue weighted by Gasteiger charge is 2.16. The maximum Gasteiger partial charge on any atom is 0.177 e. The second-order valence-electron chi connectivity index (χ2n) is 5.69. The third kappa shape index (κ3) is 2.81. The molecule has 0 saturated heterocycles. The number of halogens is 2. The Morgan fingerprint density at radius 3 is 2.58 bits per heavy atom. The molecule has 24 heavy (non-hydrogen) atoms. The number of aromatic nitrogens is 2. The van der Waals surface area contributed by atoms with E-state index in [0.717, 1.165) is 33.9 Å². The lowest BCUT2D eigenvalue weighted by atomic mass is 10.2. The van der Waals surface area contributed by atoms with Gasteiger partial charge in [0.2, 0.25) is 0 Å². The first-order valence-electron chi connectivity index (χ1n) is 7.57. The fourth-order valence-corrected chi connectivity index (χ4v) is 3.20. The van der Waals surface area contributed by atoms with Gasteiger partial charge in [0.05, 0.1) is 11.0 Å². The van der Waals surface area contributed by atoms with Crippen molar-refractivity contribution in [1.29, 1.82) is 0 Å². The Hall–Kier alpha value is -2.23. The molecule has 0 unspecified atom stereocenters. The highest BCUT2D eigenvalue weighted by atomic mass is 35.5. The van der Waals surface area contributed by atoms with Crippen LogP contribution in [0.4, 0.5) is 0 Å². The zero-order chi connectivity index (χ0) is 16.7. The Balaban J connectivity index is 1.91. The van der Waals surface area contributed by atoms with Crippen molar-refractivity contribution in [2.24, 2.45) is 0 Å². The van der Waals surface area contributed by atoms with Crippen molar-refractivity contribution in [3.63, 3.8) is 0 Å². The SMILES string of the molecule is Cc1ccc(-c2nc3ccc(Cl)cc3n2Cc2cccc(Cl)c2)o1. The molecular formula is C19H14Cl2N2O. The molecule has 120 valence electrons. The van der Waals surface area contributed by atoms with Gasteiger partial charge in [0, 0.05) is 16.6 Å². The van der Waals surface area contributed by atoms with Crippen molar-refractivity contribution in [3.8, 4) is 11.6 Å². The highest BCUT2D eigenvalue weighted by molar-refractivity contribution is 6.31. The summed E-state index contributed by atoms with van der Waals surface area (Å²) < 4.78 is 7.89. The summed E-state index contributed by atoms with van der Waals surface area (Å²) in [6, 6.07) is 17.4. The molecule has 0 amide bonds. The van der Waals surface area contributed by atoms with Crippen LogP contribution >= 0.6 is 23.2 Å². The van der Waals surface area contributed by atoms with Crippen LogP contribution in [0, 0.1) is 6.92 Å². The molecule has 0 saturated carbocycles. The van der Waals surface area contributed by atoms with E-state index >= 15 is 0 Å². The molecule has 0 radical (unpaired) electrons. The number of nitrogens with zero attached hydrogens (tertiary/aromatic N) is 2. The molecule has 4 aromatic rings. The van der Waals surface area contributed by atoms with E-state index in [1.54, 1.807) is 0 Å². The lowest BCUT2D eigenvalue weighted by Gasteiger charge is -2.09. The van der Waals surface area contributed by atoms with Crippen LogP contribution in [0.2, 0.25) is 10.0 Å². The lowest BCUT2D eigenvalue weighted by Crippen LogP contribution is -2.02. The van der Waals surface area contributed by atoms with Crippen molar-refractivity contribution in [1.82, 2.24) is 9.55 Å². The zero-order valence-corrected chi connectivity index (χ0v) is 14.5. The standard InChI is InChI=1S/C19H14Cl2N2O/c1-12-5-8-18(24-12)19-22-16-7-6-15(21)10-17(16)23(19)11-13-3-2-4-14(20)9-13/h2-10H,11H2,1H3. The number of furan rings is 1. The van der Waals surface area contributed by atoms with Gasteiger partial charge in [0.25, 0.3) is 0 Å². The molecule has 0 atom stereocenters. The van der Waals surface area contributed by atoms with Gasteiger partial charge < -0.3 is 8.98 Å². The minimum Gasteiger partial charge on any atom is -0.458 e. The average Bonchev–Trinajstić information content (AvgIpc) is 3.12. The number of imidazole rings is 1. The van der Waals surface area contributed by atoms with Crippen molar-refractivity contribution < 1.29 is 4.42 Å². The normalized spacial score (nSPS) is 11.3. The molecule has 0 aliphatic heterocycles. The highest BCUT2D eigenvalue weighted by Crippen LogP contribution is 2.29. The van der Waals surface area contributed by atoms with Crippen LogP contribution in [0.3, 0.4) is 0 Å². The van der Waals surface area contributed by atoms with Crippen LogP contribution in [-0.2, 0) is 6.54 Å².